The maximum atomic E-state index is 12.7. The smallest absolute Gasteiger partial charge is 0.167 e. The number of aromatic nitrogens is 1. The highest BCUT2D eigenvalue weighted by molar-refractivity contribution is 9.10. The number of hydrogen-bond acceptors (Lipinski definition) is 3. The lowest BCUT2D eigenvalue weighted by molar-refractivity contribution is 0.0964. The van der Waals surface area contributed by atoms with Gasteiger partial charge in [-0.25, -0.2) is 0 Å². The van der Waals surface area contributed by atoms with Crippen molar-refractivity contribution in [1.29, 1.82) is 0 Å². The van der Waals surface area contributed by atoms with E-state index in [1.165, 1.54) is 5.56 Å². The Bertz CT molecular complexity index is 922. The van der Waals surface area contributed by atoms with Crippen molar-refractivity contribution in [2.24, 2.45) is 0 Å². The van der Waals surface area contributed by atoms with Gasteiger partial charge < -0.3 is 5.73 Å². The number of nitrogens with zero attached hydrogens (tertiary/aromatic N) is 1. The molecule has 2 N–H and O–H groups in total. The Morgan fingerprint density at radius 3 is 2.65 bits per heavy atom. The topological polar surface area (TPSA) is 56.0 Å². The van der Waals surface area contributed by atoms with Gasteiger partial charge in [-0.15, -0.1) is 0 Å². The monoisotopic (exact) mass is 366 g/mol. The molecule has 0 bridgehead atoms. The van der Waals surface area contributed by atoms with Gasteiger partial charge in [0.25, 0.3) is 0 Å². The minimum atomic E-state index is 0.0898. The van der Waals surface area contributed by atoms with Gasteiger partial charge in [-0.05, 0) is 36.1 Å². The first-order chi connectivity index (χ1) is 11.1. The molecule has 2 aromatic carbocycles. The van der Waals surface area contributed by atoms with Crippen LogP contribution in [0.5, 0.6) is 0 Å². The summed E-state index contributed by atoms with van der Waals surface area (Å²) in [5.74, 6) is 0.267. The van der Waals surface area contributed by atoms with E-state index >= 15 is 0 Å². The zero-order valence-corrected chi connectivity index (χ0v) is 14.0. The summed E-state index contributed by atoms with van der Waals surface area (Å²) in [6, 6.07) is 16.0. The molecule has 1 heterocycles. The number of ketones is 1. The van der Waals surface area contributed by atoms with Gasteiger partial charge in [-0.1, -0.05) is 46.3 Å². The van der Waals surface area contributed by atoms with Gasteiger partial charge in [0.2, 0.25) is 0 Å². The minimum Gasteiger partial charge on any atom is -0.398 e. The van der Waals surface area contributed by atoms with Crippen molar-refractivity contribution in [3.05, 3.63) is 69.8 Å². The zero-order valence-electron chi connectivity index (χ0n) is 12.4. The molecule has 1 aliphatic rings. The SMILES string of the molecule is Nc1c2c(nc3ccc(Br)cc13)CC(c1ccccc1)CC2=O. The van der Waals surface area contributed by atoms with Crippen LogP contribution in [0.3, 0.4) is 0 Å². The minimum absolute atomic E-state index is 0.0898. The average Bonchev–Trinajstić information content (AvgIpc) is 2.56. The lowest BCUT2D eigenvalue weighted by atomic mass is 9.80. The van der Waals surface area contributed by atoms with Crippen molar-refractivity contribution in [3.63, 3.8) is 0 Å². The van der Waals surface area contributed by atoms with E-state index < -0.39 is 0 Å². The van der Waals surface area contributed by atoms with Crippen LogP contribution in [0.25, 0.3) is 10.9 Å². The van der Waals surface area contributed by atoms with Gasteiger partial charge >= 0.3 is 0 Å². The number of hydrogen-bond donors (Lipinski definition) is 1. The molecule has 0 saturated carbocycles. The third-order valence-electron chi connectivity index (χ3n) is 4.48. The molecule has 3 nitrogen and oxygen atoms in total. The Balaban J connectivity index is 1.86. The van der Waals surface area contributed by atoms with E-state index in [1.54, 1.807) is 0 Å². The summed E-state index contributed by atoms with van der Waals surface area (Å²) in [5, 5.41) is 0.838. The predicted octanol–water partition coefficient (Wildman–Crippen LogP) is 4.49. The maximum Gasteiger partial charge on any atom is 0.167 e. The number of benzene rings is 2. The summed E-state index contributed by atoms with van der Waals surface area (Å²) in [6.07, 6.45) is 1.24. The number of carbonyl (C=O) groups excluding carboxylic acids is 1. The molecule has 1 aromatic heterocycles. The van der Waals surface area contributed by atoms with E-state index in [4.69, 9.17) is 10.7 Å². The molecule has 114 valence electrons. The molecule has 0 spiro atoms. The van der Waals surface area contributed by atoms with Crippen LogP contribution in [0.4, 0.5) is 5.69 Å². The highest BCUT2D eigenvalue weighted by Crippen LogP contribution is 2.37. The first-order valence-corrected chi connectivity index (χ1v) is 8.38. The first kappa shape index (κ1) is 14.4. The summed E-state index contributed by atoms with van der Waals surface area (Å²) in [4.78, 5) is 17.4. The number of carbonyl (C=O) groups is 1. The number of anilines is 1. The molecule has 0 radical (unpaired) electrons. The summed E-state index contributed by atoms with van der Waals surface area (Å²) in [7, 11) is 0. The van der Waals surface area contributed by atoms with Crippen LogP contribution in [0, 0.1) is 0 Å². The van der Waals surface area contributed by atoms with Crippen LogP contribution in [-0.2, 0) is 6.42 Å². The van der Waals surface area contributed by atoms with Gasteiger partial charge in [0.1, 0.15) is 0 Å². The van der Waals surface area contributed by atoms with Crippen LogP contribution in [0.2, 0.25) is 0 Å². The number of nitrogen functional groups attached to an aromatic ring is 1. The molecule has 1 unspecified atom stereocenters. The van der Waals surface area contributed by atoms with Gasteiger partial charge in [0, 0.05) is 16.3 Å². The van der Waals surface area contributed by atoms with Gasteiger partial charge in [-0.2, -0.15) is 0 Å². The molecule has 0 aliphatic heterocycles. The highest BCUT2D eigenvalue weighted by atomic mass is 79.9. The summed E-state index contributed by atoms with van der Waals surface area (Å²) in [5.41, 5.74) is 10.3. The van der Waals surface area contributed by atoms with E-state index in [2.05, 4.69) is 28.1 Å². The van der Waals surface area contributed by atoms with Crippen molar-refractivity contribution in [1.82, 2.24) is 4.98 Å². The molecule has 4 rings (SSSR count). The fraction of sp³-hybridized carbons (Fsp3) is 0.158. The Hall–Kier alpha value is -2.20. The first-order valence-electron chi connectivity index (χ1n) is 7.59. The molecule has 1 atom stereocenters. The summed E-state index contributed by atoms with van der Waals surface area (Å²) < 4.78 is 0.934. The number of halogens is 1. The third kappa shape index (κ3) is 2.43. The highest BCUT2D eigenvalue weighted by Gasteiger charge is 2.30. The number of fused-ring (bicyclic) bond motifs is 2. The lowest BCUT2D eigenvalue weighted by Crippen LogP contribution is -2.22. The van der Waals surface area contributed by atoms with Gasteiger partial charge in [0.05, 0.1) is 22.5 Å². The Morgan fingerprint density at radius 2 is 1.87 bits per heavy atom. The fourth-order valence-corrected chi connectivity index (χ4v) is 3.73. The second-order valence-electron chi connectivity index (χ2n) is 5.95. The normalized spacial score (nSPS) is 17.3. The van der Waals surface area contributed by atoms with Crippen LogP contribution < -0.4 is 5.73 Å². The van der Waals surface area contributed by atoms with Crippen LogP contribution in [0.15, 0.2) is 53.0 Å². The molecule has 23 heavy (non-hydrogen) atoms. The fourth-order valence-electron chi connectivity index (χ4n) is 3.36. The second-order valence-corrected chi connectivity index (χ2v) is 6.86. The number of pyridine rings is 1. The van der Waals surface area contributed by atoms with Crippen molar-refractivity contribution in [2.75, 3.05) is 5.73 Å². The third-order valence-corrected chi connectivity index (χ3v) is 4.98. The number of nitrogens with two attached hydrogens (primary N) is 1. The molecule has 4 heteroatoms. The maximum absolute atomic E-state index is 12.7. The molecule has 0 saturated heterocycles. The summed E-state index contributed by atoms with van der Waals surface area (Å²) >= 11 is 3.45. The standard InChI is InChI=1S/C19H15BrN2O/c20-13-6-7-15-14(10-13)19(21)18-16(22-15)8-12(9-17(18)23)11-4-2-1-3-5-11/h1-7,10,12H,8-9H2,(H2,21,22). The van der Waals surface area contributed by atoms with E-state index in [1.807, 2.05) is 36.4 Å². The Kier molecular flexibility index (Phi) is 3.42. The average molecular weight is 367 g/mol. The molecule has 0 fully saturated rings. The Labute approximate surface area is 142 Å². The lowest BCUT2D eigenvalue weighted by Gasteiger charge is -2.25. The second kappa shape index (κ2) is 5.46. The Morgan fingerprint density at radius 1 is 1.09 bits per heavy atom. The van der Waals surface area contributed by atoms with E-state index in [0.29, 0.717) is 17.7 Å². The van der Waals surface area contributed by atoms with Crippen molar-refractivity contribution < 1.29 is 4.79 Å². The number of rotatable bonds is 1. The number of Topliss-reactive ketones (excluding diaryl/α,β-unsaturated/α-hetero) is 1. The quantitative estimate of drug-likeness (QED) is 0.689. The van der Waals surface area contributed by atoms with Gasteiger partial charge in [0.15, 0.2) is 5.78 Å². The van der Waals surface area contributed by atoms with Gasteiger partial charge in [-0.3, -0.25) is 9.78 Å². The van der Waals surface area contributed by atoms with E-state index in [9.17, 15) is 4.79 Å². The molecular weight excluding hydrogens is 352 g/mol. The molecular formula is C19H15BrN2O. The van der Waals surface area contributed by atoms with Crippen LogP contribution in [0.1, 0.15) is 34.0 Å². The van der Waals surface area contributed by atoms with E-state index in [-0.39, 0.29) is 11.7 Å². The largest absolute Gasteiger partial charge is 0.398 e. The summed E-state index contributed by atoms with van der Waals surface area (Å²) in [6.45, 7) is 0. The van der Waals surface area contributed by atoms with Crippen molar-refractivity contribution >= 4 is 38.3 Å². The zero-order chi connectivity index (χ0) is 16.0. The van der Waals surface area contributed by atoms with Crippen molar-refractivity contribution in [3.8, 4) is 0 Å². The molecule has 1 aliphatic carbocycles. The van der Waals surface area contributed by atoms with Crippen LogP contribution in [-0.4, -0.2) is 10.8 Å². The molecule has 3 aromatic rings. The van der Waals surface area contributed by atoms with E-state index in [0.717, 1.165) is 27.5 Å². The van der Waals surface area contributed by atoms with Crippen LogP contribution >= 0.6 is 15.9 Å². The molecule has 0 amide bonds. The van der Waals surface area contributed by atoms with Crippen molar-refractivity contribution in [2.45, 2.75) is 18.8 Å². The predicted molar refractivity (Wildman–Crippen MR) is 95.7 cm³/mol.